The van der Waals surface area contributed by atoms with Crippen LogP contribution >= 0.6 is 47.2 Å². The van der Waals surface area contributed by atoms with Gasteiger partial charge in [-0.25, -0.2) is 4.39 Å². The summed E-state index contributed by atoms with van der Waals surface area (Å²) >= 11 is 18.3. The molecule has 0 aromatic heterocycles. The summed E-state index contributed by atoms with van der Waals surface area (Å²) in [6.07, 6.45) is 1.69. The fraction of sp³-hybridized carbons (Fsp3) is 0. The van der Waals surface area contributed by atoms with E-state index in [-0.39, 0.29) is 10.9 Å². The first-order chi connectivity index (χ1) is 11.0. The number of thiocarbonyl (C=S) groups is 1. The molecule has 0 radical (unpaired) electrons. The lowest BCUT2D eigenvalue weighted by molar-refractivity contribution is -0.113. The van der Waals surface area contributed by atoms with E-state index in [2.05, 4.69) is 0 Å². The van der Waals surface area contributed by atoms with Gasteiger partial charge in [0.15, 0.2) is 4.32 Å². The van der Waals surface area contributed by atoms with Gasteiger partial charge in [0, 0.05) is 5.02 Å². The zero-order chi connectivity index (χ0) is 16.6. The Morgan fingerprint density at radius 2 is 1.87 bits per heavy atom. The van der Waals surface area contributed by atoms with Crippen molar-refractivity contribution in [3.63, 3.8) is 0 Å². The molecular formula is C16H8Cl2FNOS2. The summed E-state index contributed by atoms with van der Waals surface area (Å²) in [4.78, 5) is 14.4. The zero-order valence-electron chi connectivity index (χ0n) is 11.4. The number of benzene rings is 2. The molecule has 1 aliphatic heterocycles. The van der Waals surface area contributed by atoms with Crippen molar-refractivity contribution < 1.29 is 9.18 Å². The van der Waals surface area contributed by atoms with Crippen LogP contribution in [-0.2, 0) is 4.79 Å². The summed E-state index contributed by atoms with van der Waals surface area (Å²) in [7, 11) is 0. The summed E-state index contributed by atoms with van der Waals surface area (Å²) < 4.78 is 13.6. The monoisotopic (exact) mass is 383 g/mol. The fourth-order valence-electron chi connectivity index (χ4n) is 2.05. The maximum absolute atomic E-state index is 13.3. The van der Waals surface area contributed by atoms with Gasteiger partial charge in [-0.1, -0.05) is 65.4 Å². The van der Waals surface area contributed by atoms with E-state index in [1.165, 1.54) is 23.1 Å². The summed E-state index contributed by atoms with van der Waals surface area (Å²) in [6, 6.07) is 11.2. The number of thioether (sulfide) groups is 1. The Morgan fingerprint density at radius 3 is 2.57 bits per heavy atom. The predicted octanol–water partition coefficient (Wildman–Crippen LogP) is 5.54. The SMILES string of the molecule is O=C1/C(=C/c2ccccc2Cl)SC(=S)N1c1ccc(F)c(Cl)c1. The molecule has 0 atom stereocenters. The summed E-state index contributed by atoms with van der Waals surface area (Å²) in [6.45, 7) is 0. The Morgan fingerprint density at radius 1 is 1.13 bits per heavy atom. The van der Waals surface area contributed by atoms with E-state index in [1.54, 1.807) is 12.1 Å². The number of hydrogen-bond donors (Lipinski definition) is 0. The third kappa shape index (κ3) is 3.28. The van der Waals surface area contributed by atoms with Crippen molar-refractivity contribution in [3.05, 3.63) is 68.8 Å². The lowest BCUT2D eigenvalue weighted by Crippen LogP contribution is -2.27. The Hall–Kier alpha value is -1.40. The zero-order valence-corrected chi connectivity index (χ0v) is 14.6. The van der Waals surface area contributed by atoms with Crippen LogP contribution in [0.5, 0.6) is 0 Å². The quantitative estimate of drug-likeness (QED) is 0.501. The topological polar surface area (TPSA) is 20.3 Å². The first kappa shape index (κ1) is 16.5. The van der Waals surface area contributed by atoms with E-state index in [1.807, 2.05) is 18.2 Å². The smallest absolute Gasteiger partial charge is 0.268 e. The lowest BCUT2D eigenvalue weighted by atomic mass is 10.2. The predicted molar refractivity (Wildman–Crippen MR) is 98.5 cm³/mol. The van der Waals surface area contributed by atoms with Crippen molar-refractivity contribution in [1.82, 2.24) is 0 Å². The highest BCUT2D eigenvalue weighted by molar-refractivity contribution is 8.27. The average Bonchev–Trinajstić information content (AvgIpc) is 2.79. The van der Waals surface area contributed by atoms with Gasteiger partial charge in [0.2, 0.25) is 0 Å². The Bertz CT molecular complexity index is 854. The molecule has 2 aromatic carbocycles. The van der Waals surface area contributed by atoms with Gasteiger partial charge in [0.05, 0.1) is 15.6 Å². The molecule has 0 unspecified atom stereocenters. The standard InChI is InChI=1S/C16H8Cl2FNOS2/c17-11-4-2-1-3-9(11)7-14-15(21)20(16(22)23-14)10-5-6-13(19)12(18)8-10/h1-8H/b14-7-. The van der Waals surface area contributed by atoms with Gasteiger partial charge in [-0.2, -0.15) is 0 Å². The van der Waals surface area contributed by atoms with Gasteiger partial charge in [-0.15, -0.1) is 0 Å². The van der Waals surface area contributed by atoms with Crippen LogP contribution in [0.3, 0.4) is 0 Å². The number of rotatable bonds is 2. The lowest BCUT2D eigenvalue weighted by Gasteiger charge is -2.14. The van der Waals surface area contributed by atoms with E-state index in [0.29, 0.717) is 19.9 Å². The molecule has 1 heterocycles. The molecule has 0 spiro atoms. The molecule has 23 heavy (non-hydrogen) atoms. The van der Waals surface area contributed by atoms with Crippen LogP contribution in [0.25, 0.3) is 6.08 Å². The minimum absolute atomic E-state index is 0.0633. The van der Waals surface area contributed by atoms with Crippen LogP contribution in [0.15, 0.2) is 47.4 Å². The normalized spacial score (nSPS) is 16.5. The van der Waals surface area contributed by atoms with Crippen LogP contribution in [0, 0.1) is 5.82 Å². The van der Waals surface area contributed by atoms with Gasteiger partial charge < -0.3 is 0 Å². The molecule has 1 amide bonds. The van der Waals surface area contributed by atoms with Crippen molar-refractivity contribution in [2.75, 3.05) is 4.90 Å². The molecule has 2 aromatic rings. The molecule has 0 aliphatic carbocycles. The first-order valence-electron chi connectivity index (χ1n) is 6.45. The third-order valence-corrected chi connectivity index (χ3v) is 5.08. The molecule has 7 heteroatoms. The van der Waals surface area contributed by atoms with Gasteiger partial charge in [-0.05, 0) is 35.9 Å². The van der Waals surface area contributed by atoms with Crippen LogP contribution in [0.2, 0.25) is 10.0 Å². The van der Waals surface area contributed by atoms with Crippen molar-refractivity contribution in [1.29, 1.82) is 0 Å². The highest BCUT2D eigenvalue weighted by Crippen LogP contribution is 2.37. The summed E-state index contributed by atoms with van der Waals surface area (Å²) in [5, 5.41) is 0.481. The van der Waals surface area contributed by atoms with Crippen LogP contribution < -0.4 is 4.90 Å². The van der Waals surface area contributed by atoms with E-state index >= 15 is 0 Å². The van der Waals surface area contributed by atoms with Crippen molar-refractivity contribution >= 4 is 69.2 Å². The molecule has 0 N–H and O–H groups in total. The molecular weight excluding hydrogens is 376 g/mol. The van der Waals surface area contributed by atoms with E-state index in [0.717, 1.165) is 17.3 Å². The van der Waals surface area contributed by atoms with Crippen LogP contribution in [0.4, 0.5) is 10.1 Å². The number of nitrogens with zero attached hydrogens (tertiary/aromatic N) is 1. The molecule has 3 rings (SSSR count). The molecule has 2 nitrogen and oxygen atoms in total. The Kier molecular flexibility index (Phi) is 4.73. The molecule has 1 aliphatic rings. The largest absolute Gasteiger partial charge is 0.270 e. The number of halogens is 3. The van der Waals surface area contributed by atoms with E-state index < -0.39 is 5.82 Å². The number of hydrogen-bond acceptors (Lipinski definition) is 3. The average molecular weight is 384 g/mol. The second kappa shape index (κ2) is 6.61. The highest BCUT2D eigenvalue weighted by Gasteiger charge is 2.33. The van der Waals surface area contributed by atoms with Crippen molar-refractivity contribution in [3.8, 4) is 0 Å². The Labute approximate surface area is 151 Å². The molecule has 1 fully saturated rings. The summed E-state index contributed by atoms with van der Waals surface area (Å²) in [5.41, 5.74) is 1.16. The highest BCUT2D eigenvalue weighted by atomic mass is 35.5. The minimum Gasteiger partial charge on any atom is -0.268 e. The van der Waals surface area contributed by atoms with E-state index in [9.17, 15) is 9.18 Å². The molecule has 1 saturated heterocycles. The van der Waals surface area contributed by atoms with Gasteiger partial charge in [-0.3, -0.25) is 9.69 Å². The van der Waals surface area contributed by atoms with Gasteiger partial charge in [0.1, 0.15) is 5.82 Å². The maximum Gasteiger partial charge on any atom is 0.270 e. The second-order valence-electron chi connectivity index (χ2n) is 4.64. The minimum atomic E-state index is -0.549. The number of carbonyl (C=O) groups excluding carboxylic acids is 1. The van der Waals surface area contributed by atoms with Crippen molar-refractivity contribution in [2.45, 2.75) is 0 Å². The van der Waals surface area contributed by atoms with Crippen molar-refractivity contribution in [2.24, 2.45) is 0 Å². The maximum atomic E-state index is 13.3. The number of carbonyl (C=O) groups is 1. The van der Waals surface area contributed by atoms with Gasteiger partial charge >= 0.3 is 0 Å². The van der Waals surface area contributed by atoms with Gasteiger partial charge in [0.25, 0.3) is 5.91 Å². The van der Waals surface area contributed by atoms with Crippen LogP contribution in [0.1, 0.15) is 5.56 Å². The number of anilines is 1. The summed E-state index contributed by atoms with van der Waals surface area (Å²) in [5.74, 6) is -0.838. The van der Waals surface area contributed by atoms with Crippen LogP contribution in [-0.4, -0.2) is 10.2 Å². The second-order valence-corrected chi connectivity index (χ2v) is 7.13. The fourth-order valence-corrected chi connectivity index (χ4v) is 3.70. The number of amides is 1. The molecule has 0 saturated carbocycles. The van der Waals surface area contributed by atoms with E-state index in [4.69, 9.17) is 35.4 Å². The molecule has 116 valence electrons. The molecule has 0 bridgehead atoms. The Balaban J connectivity index is 1.97. The first-order valence-corrected chi connectivity index (χ1v) is 8.43. The third-order valence-electron chi connectivity index (χ3n) is 3.15.